The van der Waals surface area contributed by atoms with Crippen LogP contribution in [0.5, 0.6) is 0 Å². The van der Waals surface area contributed by atoms with E-state index in [4.69, 9.17) is 23.2 Å². The molecule has 10 heavy (non-hydrogen) atoms. The number of benzene rings is 1. The monoisotopic (exact) mass is 288 g/mol. The van der Waals surface area contributed by atoms with E-state index in [1.54, 1.807) is 18.2 Å². The molecular weight excluding hydrogens is 288 g/mol. The molecule has 0 bridgehead atoms. The molecule has 0 saturated carbocycles. The molecule has 0 saturated heterocycles. The molecule has 0 aromatic heterocycles. The van der Waals surface area contributed by atoms with E-state index in [-0.39, 0.29) is 0 Å². The Morgan fingerprint density at radius 3 is 2.20 bits per heavy atom. The van der Waals surface area contributed by atoms with Crippen LogP contribution in [0.3, 0.4) is 0 Å². The van der Waals surface area contributed by atoms with E-state index >= 15 is 0 Å². The second-order valence-corrected chi connectivity index (χ2v) is 2.15. The molecule has 0 aliphatic carbocycles. The molecule has 0 fully saturated rings. The Kier molecular flexibility index (Phi) is 7.20. The SMILES string of the molecule is Clc1c[c-]ccc1Cl.[Zn+][Br]. The van der Waals surface area contributed by atoms with Crippen LogP contribution in [0.4, 0.5) is 0 Å². The van der Waals surface area contributed by atoms with Crippen molar-refractivity contribution in [3.63, 3.8) is 0 Å². The normalized spacial score (nSPS) is 8.10. The summed E-state index contributed by atoms with van der Waals surface area (Å²) in [6, 6.07) is 7.83. The van der Waals surface area contributed by atoms with Crippen LogP contribution in [0.15, 0.2) is 18.2 Å². The topological polar surface area (TPSA) is 0 Å². The van der Waals surface area contributed by atoms with Crippen LogP contribution >= 0.6 is 36.8 Å². The van der Waals surface area contributed by atoms with Crippen molar-refractivity contribution in [1.82, 2.24) is 0 Å². The summed E-state index contributed by atoms with van der Waals surface area (Å²) in [5, 5.41) is 1.12. The van der Waals surface area contributed by atoms with Crippen LogP contribution in [0.25, 0.3) is 0 Å². The van der Waals surface area contributed by atoms with Gasteiger partial charge in [0.25, 0.3) is 0 Å². The van der Waals surface area contributed by atoms with Gasteiger partial charge in [0.15, 0.2) is 0 Å². The molecule has 0 unspecified atom stereocenters. The van der Waals surface area contributed by atoms with Crippen molar-refractivity contribution >= 4 is 36.8 Å². The molecule has 0 aliphatic heterocycles. The zero-order valence-corrected chi connectivity index (χ0v) is 11.1. The van der Waals surface area contributed by atoms with E-state index < -0.39 is 0 Å². The maximum absolute atomic E-state index is 5.56. The summed E-state index contributed by atoms with van der Waals surface area (Å²) in [4.78, 5) is 0. The summed E-state index contributed by atoms with van der Waals surface area (Å²) in [5.41, 5.74) is 0. The molecule has 0 radical (unpaired) electrons. The Hall–Kier alpha value is 0.903. The van der Waals surface area contributed by atoms with Crippen molar-refractivity contribution in [2.75, 3.05) is 0 Å². The Morgan fingerprint density at radius 1 is 1.30 bits per heavy atom. The molecule has 1 aromatic carbocycles. The standard InChI is InChI=1S/C6H3Cl2.BrH.Zn/c7-5-3-1-2-4-6(5)8;;/h1,3-4H;1H;/q-1;;+2/p-1. The zero-order chi connectivity index (χ0) is 7.98. The van der Waals surface area contributed by atoms with Crippen molar-refractivity contribution < 1.29 is 16.3 Å². The van der Waals surface area contributed by atoms with Gasteiger partial charge in [0, 0.05) is 0 Å². The first kappa shape index (κ1) is 10.9. The fourth-order valence-electron chi connectivity index (χ4n) is 0.391. The average molecular weight is 291 g/mol. The van der Waals surface area contributed by atoms with Gasteiger partial charge in [-0.3, -0.25) is 0 Å². The van der Waals surface area contributed by atoms with E-state index in [0.29, 0.717) is 10.0 Å². The van der Waals surface area contributed by atoms with Crippen molar-refractivity contribution in [2.24, 2.45) is 0 Å². The minimum atomic E-state index is 0.550. The minimum absolute atomic E-state index is 0.550. The third-order valence-electron chi connectivity index (χ3n) is 0.764. The van der Waals surface area contributed by atoms with E-state index in [1.807, 2.05) is 0 Å². The first-order valence-electron chi connectivity index (χ1n) is 2.38. The average Bonchev–Trinajstić information content (AvgIpc) is 2.00. The first-order chi connectivity index (χ1) is 4.80. The second kappa shape index (κ2) is 6.60. The van der Waals surface area contributed by atoms with Crippen molar-refractivity contribution in [1.29, 1.82) is 0 Å². The quantitative estimate of drug-likeness (QED) is 0.506. The van der Waals surface area contributed by atoms with Crippen LogP contribution in [0.2, 0.25) is 10.0 Å². The van der Waals surface area contributed by atoms with Gasteiger partial charge < -0.3 is 0 Å². The van der Waals surface area contributed by atoms with Crippen LogP contribution < -0.4 is 0 Å². The molecule has 0 nitrogen and oxygen atoms in total. The fourth-order valence-corrected chi connectivity index (χ4v) is 0.635. The Morgan fingerprint density at radius 2 is 1.90 bits per heavy atom. The van der Waals surface area contributed by atoms with E-state index in [1.165, 1.54) is 16.3 Å². The van der Waals surface area contributed by atoms with Gasteiger partial charge >= 0.3 is 30.0 Å². The third kappa shape index (κ3) is 3.93. The summed E-state index contributed by atoms with van der Waals surface area (Å²) in [7, 11) is 0. The van der Waals surface area contributed by atoms with Gasteiger partial charge in [-0.2, -0.15) is 35.9 Å². The predicted molar refractivity (Wildman–Crippen MR) is 44.2 cm³/mol. The molecular formula is C6H3BrCl2Zn. The molecule has 0 heterocycles. The Bertz CT molecular complexity index is 172. The van der Waals surface area contributed by atoms with Crippen molar-refractivity contribution in [3.8, 4) is 0 Å². The van der Waals surface area contributed by atoms with Crippen LogP contribution in [-0.4, -0.2) is 0 Å². The first-order valence-corrected chi connectivity index (χ1v) is 10.1. The zero-order valence-electron chi connectivity index (χ0n) is 5.07. The number of halogens is 3. The summed E-state index contributed by atoms with van der Waals surface area (Å²) in [6.45, 7) is 0. The second-order valence-electron chi connectivity index (χ2n) is 1.34. The Balaban J connectivity index is 0.000000371. The number of rotatable bonds is 0. The summed E-state index contributed by atoms with van der Waals surface area (Å²) >= 11 is 15.4. The van der Waals surface area contributed by atoms with Gasteiger partial charge in [0.2, 0.25) is 0 Å². The van der Waals surface area contributed by atoms with Crippen molar-refractivity contribution in [2.45, 2.75) is 0 Å². The van der Waals surface area contributed by atoms with E-state index in [9.17, 15) is 0 Å². The molecule has 0 N–H and O–H groups in total. The molecule has 0 amide bonds. The molecule has 4 heteroatoms. The van der Waals surface area contributed by atoms with Crippen LogP contribution in [0.1, 0.15) is 0 Å². The van der Waals surface area contributed by atoms with Crippen molar-refractivity contribution in [3.05, 3.63) is 34.3 Å². The summed E-state index contributed by atoms with van der Waals surface area (Å²) in [5.74, 6) is 0. The van der Waals surface area contributed by atoms with E-state index in [0.717, 1.165) is 0 Å². The predicted octanol–water partition coefficient (Wildman–Crippen LogP) is 3.64. The molecule has 0 spiro atoms. The molecule has 1 aromatic rings. The van der Waals surface area contributed by atoms with Gasteiger partial charge in [-0.15, -0.1) is 11.6 Å². The summed E-state index contributed by atoms with van der Waals surface area (Å²) in [6.07, 6.45) is 0. The van der Waals surface area contributed by atoms with Gasteiger partial charge in [0.1, 0.15) is 0 Å². The number of hydrogen-bond acceptors (Lipinski definition) is 0. The summed E-state index contributed by atoms with van der Waals surface area (Å²) < 4.78 is 0. The fraction of sp³-hybridized carbons (Fsp3) is 0. The van der Waals surface area contributed by atoms with Crippen LogP contribution in [-0.2, 0) is 16.3 Å². The van der Waals surface area contributed by atoms with Gasteiger partial charge in [-0.1, -0.05) is 10.0 Å². The molecule has 0 aliphatic rings. The van der Waals surface area contributed by atoms with Gasteiger partial charge in [-0.05, 0) is 0 Å². The Labute approximate surface area is 86.9 Å². The van der Waals surface area contributed by atoms with Gasteiger partial charge in [0.05, 0.1) is 0 Å². The third-order valence-corrected chi connectivity index (χ3v) is 1.50. The number of hydrogen-bond donors (Lipinski definition) is 0. The van der Waals surface area contributed by atoms with Crippen LogP contribution in [0, 0.1) is 6.07 Å². The molecule has 1 rings (SSSR count). The maximum atomic E-state index is 5.56. The molecule has 50 valence electrons. The van der Waals surface area contributed by atoms with Gasteiger partial charge in [-0.25, -0.2) is 0 Å². The molecule has 0 atom stereocenters. The van der Waals surface area contributed by atoms with E-state index in [2.05, 4.69) is 19.7 Å².